The van der Waals surface area contributed by atoms with Gasteiger partial charge in [0.1, 0.15) is 0 Å². The Morgan fingerprint density at radius 1 is 1.42 bits per heavy atom. The van der Waals surface area contributed by atoms with Crippen molar-refractivity contribution in [1.82, 2.24) is 0 Å². The molecule has 0 aliphatic heterocycles. The average molecular weight is 347 g/mol. The first kappa shape index (κ1) is 10.4. The van der Waals surface area contributed by atoms with E-state index in [2.05, 4.69) is 15.9 Å². The molecule has 0 unspecified atom stereocenters. The van der Waals surface area contributed by atoms with Gasteiger partial charge in [0.2, 0.25) is 0 Å². The molecular formula is C8H6BrF2I. The van der Waals surface area contributed by atoms with Gasteiger partial charge in [-0.2, -0.15) is 0 Å². The van der Waals surface area contributed by atoms with E-state index in [-0.39, 0.29) is 5.56 Å². The summed E-state index contributed by atoms with van der Waals surface area (Å²) in [5.41, 5.74) is 0.977. The third kappa shape index (κ3) is 1.96. The van der Waals surface area contributed by atoms with Gasteiger partial charge in [-0.15, -0.1) is 0 Å². The van der Waals surface area contributed by atoms with Gasteiger partial charge in [-0.05, 0) is 41.1 Å². The van der Waals surface area contributed by atoms with Crippen LogP contribution >= 0.6 is 38.5 Å². The van der Waals surface area contributed by atoms with Gasteiger partial charge in [0.25, 0.3) is 6.43 Å². The Balaban J connectivity index is 3.33. The van der Waals surface area contributed by atoms with Crippen LogP contribution in [0.4, 0.5) is 8.78 Å². The van der Waals surface area contributed by atoms with E-state index in [4.69, 9.17) is 0 Å². The van der Waals surface area contributed by atoms with Gasteiger partial charge in [-0.25, -0.2) is 8.78 Å². The molecule has 0 nitrogen and oxygen atoms in total. The minimum Gasteiger partial charge on any atom is -0.205 e. The highest BCUT2D eigenvalue weighted by atomic mass is 127. The molecule has 0 fully saturated rings. The van der Waals surface area contributed by atoms with Crippen LogP contribution in [0.5, 0.6) is 0 Å². The maximum absolute atomic E-state index is 12.4. The third-order valence-corrected chi connectivity index (χ3v) is 3.66. The zero-order chi connectivity index (χ0) is 9.30. The van der Waals surface area contributed by atoms with E-state index < -0.39 is 6.43 Å². The van der Waals surface area contributed by atoms with E-state index in [0.29, 0.717) is 8.04 Å². The van der Waals surface area contributed by atoms with E-state index in [1.165, 1.54) is 0 Å². The zero-order valence-corrected chi connectivity index (χ0v) is 9.99. The fourth-order valence-electron chi connectivity index (χ4n) is 0.878. The minimum absolute atomic E-state index is 0.0931. The molecule has 0 aliphatic carbocycles. The van der Waals surface area contributed by atoms with Crippen molar-refractivity contribution in [3.8, 4) is 0 Å². The first-order valence-electron chi connectivity index (χ1n) is 3.26. The number of benzene rings is 1. The summed E-state index contributed by atoms with van der Waals surface area (Å²) in [4.78, 5) is 0. The summed E-state index contributed by atoms with van der Waals surface area (Å²) >= 11 is 5.03. The maximum atomic E-state index is 12.4. The zero-order valence-electron chi connectivity index (χ0n) is 6.24. The van der Waals surface area contributed by atoms with E-state index >= 15 is 0 Å². The van der Waals surface area contributed by atoms with Gasteiger partial charge < -0.3 is 0 Å². The molecule has 0 N–H and O–H groups in total. The number of alkyl halides is 2. The normalized spacial score (nSPS) is 10.8. The molecule has 0 saturated heterocycles. The molecule has 0 aromatic heterocycles. The van der Waals surface area contributed by atoms with Crippen molar-refractivity contribution in [3.63, 3.8) is 0 Å². The molecule has 0 radical (unpaired) electrons. The van der Waals surface area contributed by atoms with Crippen LogP contribution in [0.3, 0.4) is 0 Å². The molecule has 0 saturated carbocycles. The van der Waals surface area contributed by atoms with Crippen molar-refractivity contribution in [2.45, 2.75) is 13.3 Å². The predicted molar refractivity (Wildman–Crippen MR) is 56.6 cm³/mol. The lowest BCUT2D eigenvalue weighted by atomic mass is 10.1. The summed E-state index contributed by atoms with van der Waals surface area (Å²) in [7, 11) is 0. The molecule has 4 heteroatoms. The summed E-state index contributed by atoms with van der Waals surface area (Å²) in [6, 6.07) is 3.47. The van der Waals surface area contributed by atoms with Crippen LogP contribution in [0.15, 0.2) is 16.6 Å². The van der Waals surface area contributed by atoms with Gasteiger partial charge in [-0.3, -0.25) is 0 Å². The van der Waals surface area contributed by atoms with Crippen LogP contribution in [0, 0.1) is 10.5 Å². The van der Waals surface area contributed by atoms with Crippen molar-refractivity contribution >= 4 is 38.5 Å². The van der Waals surface area contributed by atoms with Gasteiger partial charge >= 0.3 is 0 Å². The van der Waals surface area contributed by atoms with Crippen LogP contribution in [-0.4, -0.2) is 0 Å². The number of rotatable bonds is 1. The van der Waals surface area contributed by atoms with E-state index in [1.807, 2.05) is 35.6 Å². The largest absolute Gasteiger partial charge is 0.265 e. The highest BCUT2D eigenvalue weighted by molar-refractivity contribution is 14.1. The predicted octanol–water partition coefficient (Wildman–Crippen LogP) is 4.30. The van der Waals surface area contributed by atoms with Crippen molar-refractivity contribution < 1.29 is 8.78 Å². The molecule has 0 heterocycles. The average Bonchev–Trinajstić information content (AvgIpc) is 1.97. The van der Waals surface area contributed by atoms with Crippen molar-refractivity contribution in [1.29, 1.82) is 0 Å². The Kier molecular flexibility index (Phi) is 3.46. The van der Waals surface area contributed by atoms with E-state index in [9.17, 15) is 8.78 Å². The van der Waals surface area contributed by atoms with Crippen LogP contribution in [0.1, 0.15) is 17.6 Å². The second-order valence-corrected chi connectivity index (χ2v) is 4.33. The van der Waals surface area contributed by atoms with Crippen molar-refractivity contribution in [3.05, 3.63) is 31.3 Å². The molecule has 0 bridgehead atoms. The summed E-state index contributed by atoms with van der Waals surface area (Å²) < 4.78 is 26.0. The Bertz CT molecular complexity index is 299. The lowest BCUT2D eigenvalue weighted by molar-refractivity contribution is 0.149. The number of aryl methyl sites for hydroxylation is 1. The van der Waals surface area contributed by atoms with Crippen LogP contribution in [0.25, 0.3) is 0 Å². The fraction of sp³-hybridized carbons (Fsp3) is 0.250. The minimum atomic E-state index is -2.41. The molecule has 0 spiro atoms. The Morgan fingerprint density at radius 2 is 2.00 bits per heavy atom. The lowest BCUT2D eigenvalue weighted by Gasteiger charge is -2.08. The smallest absolute Gasteiger partial charge is 0.205 e. The highest BCUT2D eigenvalue weighted by Crippen LogP contribution is 2.33. The topological polar surface area (TPSA) is 0 Å². The summed E-state index contributed by atoms with van der Waals surface area (Å²) in [5, 5.41) is 0. The maximum Gasteiger partial charge on any atom is 0.265 e. The molecule has 0 aliphatic rings. The van der Waals surface area contributed by atoms with Gasteiger partial charge in [0, 0.05) is 13.6 Å². The number of hydrogen-bond acceptors (Lipinski definition) is 0. The second kappa shape index (κ2) is 4.00. The Labute approximate surface area is 91.6 Å². The number of hydrogen-bond donors (Lipinski definition) is 0. The van der Waals surface area contributed by atoms with Gasteiger partial charge in [0.05, 0.1) is 0 Å². The van der Waals surface area contributed by atoms with Gasteiger partial charge in [0.15, 0.2) is 0 Å². The first-order valence-corrected chi connectivity index (χ1v) is 5.14. The molecule has 66 valence electrons. The van der Waals surface area contributed by atoms with Crippen molar-refractivity contribution in [2.75, 3.05) is 0 Å². The number of halogens is 4. The quantitative estimate of drug-likeness (QED) is 0.665. The SMILES string of the molecule is Cc1ccc(Br)c(C(F)F)c1I. The Hall–Kier alpha value is 0.290. The van der Waals surface area contributed by atoms with Gasteiger partial charge in [-0.1, -0.05) is 22.0 Å². The summed E-state index contributed by atoms with van der Waals surface area (Å²) in [6.45, 7) is 1.82. The highest BCUT2D eigenvalue weighted by Gasteiger charge is 2.16. The molecule has 1 aromatic carbocycles. The van der Waals surface area contributed by atoms with Crippen LogP contribution < -0.4 is 0 Å². The Morgan fingerprint density at radius 3 is 2.42 bits per heavy atom. The van der Waals surface area contributed by atoms with E-state index in [0.717, 1.165) is 5.56 Å². The first-order chi connectivity index (χ1) is 5.54. The fourth-order valence-corrected chi connectivity index (χ4v) is 2.46. The molecule has 0 atom stereocenters. The third-order valence-electron chi connectivity index (χ3n) is 1.54. The lowest BCUT2D eigenvalue weighted by Crippen LogP contribution is -1.93. The van der Waals surface area contributed by atoms with Crippen LogP contribution in [-0.2, 0) is 0 Å². The summed E-state index contributed by atoms with van der Waals surface area (Å²) in [5.74, 6) is 0. The standard InChI is InChI=1S/C8H6BrF2I/c1-4-2-3-5(9)6(7(4)12)8(10)11/h2-3,8H,1H3. The molecule has 1 aromatic rings. The van der Waals surface area contributed by atoms with E-state index in [1.54, 1.807) is 6.07 Å². The molecule has 0 amide bonds. The molecular weight excluding hydrogens is 341 g/mol. The monoisotopic (exact) mass is 346 g/mol. The molecule has 1 rings (SSSR count). The van der Waals surface area contributed by atoms with Crippen LogP contribution in [0.2, 0.25) is 0 Å². The summed E-state index contributed by atoms with van der Waals surface area (Å²) in [6.07, 6.45) is -2.41. The molecule has 12 heavy (non-hydrogen) atoms. The second-order valence-electron chi connectivity index (χ2n) is 2.39. The van der Waals surface area contributed by atoms with Crippen molar-refractivity contribution in [2.24, 2.45) is 0 Å².